The molecule has 5 heteroatoms. The summed E-state index contributed by atoms with van der Waals surface area (Å²) in [4.78, 5) is 15.5. The van der Waals surface area contributed by atoms with Gasteiger partial charge in [0, 0.05) is 25.4 Å². The molecule has 0 aromatic heterocycles. The van der Waals surface area contributed by atoms with E-state index in [4.69, 9.17) is 0 Å². The molecule has 2 saturated carbocycles. The number of halogens is 1. The van der Waals surface area contributed by atoms with Crippen molar-refractivity contribution in [2.45, 2.75) is 95.9 Å². The Hall–Kier alpha value is -3.18. The Bertz CT molecular complexity index is 1400. The summed E-state index contributed by atoms with van der Waals surface area (Å²) >= 11 is 0. The number of phenols is 1. The maximum absolute atomic E-state index is 16.1. The van der Waals surface area contributed by atoms with Crippen LogP contribution in [0.3, 0.4) is 0 Å². The number of rotatable bonds is 11. The van der Waals surface area contributed by atoms with Crippen molar-refractivity contribution in [1.29, 1.82) is 0 Å². The molecule has 3 aromatic rings. The highest BCUT2D eigenvalue weighted by Gasteiger charge is 2.59. The van der Waals surface area contributed by atoms with Crippen LogP contribution in [0.15, 0.2) is 78.9 Å². The van der Waals surface area contributed by atoms with Gasteiger partial charge in [0.1, 0.15) is 11.9 Å². The van der Waals surface area contributed by atoms with Crippen LogP contribution in [0.5, 0.6) is 5.75 Å². The summed E-state index contributed by atoms with van der Waals surface area (Å²) in [6.45, 7) is 3.45. The molecule has 0 radical (unpaired) electrons. The minimum Gasteiger partial charge on any atom is -0.508 e. The van der Waals surface area contributed by atoms with E-state index in [1.807, 2.05) is 53.4 Å². The Labute approximate surface area is 262 Å². The van der Waals surface area contributed by atoms with Gasteiger partial charge in [0.15, 0.2) is 0 Å². The standard InChI is InChI=1S/C39H48FNO3/c1-39-25-34(40)38-32-19-18-31(42)24-30(32)23-29(37(38)33(39)20-21-35(39)43)16-8-9-22-41(26-28-13-6-3-7-14-28)36(44)17-10-15-27-11-4-2-5-12-27/h2-7,11-14,18-19,24,29,33-35,37-38,42-43H,8-10,15-17,20-23,25-26H2,1H3/t29?,33?,34?,35?,37?,38?,39-/m0/s1. The van der Waals surface area contributed by atoms with Gasteiger partial charge < -0.3 is 15.1 Å². The number of hydrogen-bond acceptors (Lipinski definition) is 3. The maximum Gasteiger partial charge on any atom is 0.222 e. The van der Waals surface area contributed by atoms with Gasteiger partial charge in [-0.05, 0) is 109 Å². The first kappa shape index (κ1) is 30.8. The fourth-order valence-electron chi connectivity index (χ4n) is 9.08. The minimum atomic E-state index is -0.991. The highest BCUT2D eigenvalue weighted by molar-refractivity contribution is 5.76. The molecule has 234 valence electrons. The smallest absolute Gasteiger partial charge is 0.222 e. The van der Waals surface area contributed by atoms with Crippen LogP contribution in [0, 0.1) is 23.2 Å². The third-order valence-corrected chi connectivity index (χ3v) is 11.3. The Balaban J connectivity index is 1.13. The molecule has 0 saturated heterocycles. The number of unbranched alkanes of at least 4 members (excludes halogenated alkanes) is 1. The van der Waals surface area contributed by atoms with Crippen molar-refractivity contribution >= 4 is 5.91 Å². The van der Waals surface area contributed by atoms with E-state index in [-0.39, 0.29) is 28.9 Å². The maximum atomic E-state index is 16.1. The van der Waals surface area contributed by atoms with Crippen molar-refractivity contribution in [3.8, 4) is 5.75 Å². The van der Waals surface area contributed by atoms with Gasteiger partial charge in [-0.25, -0.2) is 4.39 Å². The first-order chi connectivity index (χ1) is 21.3. The summed E-state index contributed by atoms with van der Waals surface area (Å²) in [6, 6.07) is 26.1. The second-order valence-corrected chi connectivity index (χ2v) is 14.0. The van der Waals surface area contributed by atoms with Gasteiger partial charge in [0.25, 0.3) is 0 Å². The molecule has 2 N–H and O–H groups in total. The molecule has 4 nitrogen and oxygen atoms in total. The molecule has 6 unspecified atom stereocenters. The molecule has 3 aromatic carbocycles. The van der Waals surface area contributed by atoms with Crippen LogP contribution in [0.25, 0.3) is 0 Å². The SMILES string of the molecule is C[C@]12CC(F)C3c4ccc(O)cc4CC(CCCCN(Cc4ccccc4)C(=O)CCCc4ccccc4)C3C1CCC2O. The number of aliphatic hydroxyl groups is 1. The van der Waals surface area contributed by atoms with E-state index in [1.165, 1.54) is 5.56 Å². The Kier molecular flexibility index (Phi) is 9.42. The number of alkyl halides is 1. The molecule has 1 amide bonds. The molecule has 3 aliphatic rings. The number of aliphatic hydroxyl groups excluding tert-OH is 1. The lowest BCUT2D eigenvalue weighted by Crippen LogP contribution is -2.51. The number of amides is 1. The van der Waals surface area contributed by atoms with Crippen molar-refractivity contribution in [2.24, 2.45) is 23.2 Å². The third-order valence-electron chi connectivity index (χ3n) is 11.3. The van der Waals surface area contributed by atoms with Gasteiger partial charge in [0.2, 0.25) is 5.91 Å². The largest absolute Gasteiger partial charge is 0.508 e. The first-order valence-electron chi connectivity index (χ1n) is 16.8. The number of aryl methyl sites for hydroxylation is 1. The van der Waals surface area contributed by atoms with Crippen molar-refractivity contribution in [2.75, 3.05) is 6.54 Å². The molecule has 7 atom stereocenters. The summed E-state index contributed by atoms with van der Waals surface area (Å²) in [5.41, 5.74) is 4.19. The lowest BCUT2D eigenvalue weighted by atomic mass is 9.51. The molecular formula is C39H48FNO3. The summed E-state index contributed by atoms with van der Waals surface area (Å²) in [7, 11) is 0. The lowest BCUT2D eigenvalue weighted by molar-refractivity contribution is -0.132. The first-order valence-corrected chi connectivity index (χ1v) is 16.8. The van der Waals surface area contributed by atoms with Crippen LogP contribution in [0.2, 0.25) is 0 Å². The zero-order chi connectivity index (χ0) is 30.7. The van der Waals surface area contributed by atoms with Crippen LogP contribution in [0.4, 0.5) is 4.39 Å². The number of carbonyl (C=O) groups is 1. The normalized spacial score (nSPS) is 29.0. The Morgan fingerprint density at radius 3 is 2.43 bits per heavy atom. The van der Waals surface area contributed by atoms with E-state index in [9.17, 15) is 15.0 Å². The molecule has 2 fully saturated rings. The summed E-state index contributed by atoms with van der Waals surface area (Å²) in [5, 5.41) is 21.2. The van der Waals surface area contributed by atoms with E-state index < -0.39 is 12.3 Å². The van der Waals surface area contributed by atoms with E-state index in [0.717, 1.165) is 68.1 Å². The zero-order valence-electron chi connectivity index (χ0n) is 26.1. The van der Waals surface area contributed by atoms with E-state index in [0.29, 0.717) is 37.8 Å². The summed E-state index contributed by atoms with van der Waals surface area (Å²) in [6.07, 6.45) is 6.64. The van der Waals surface area contributed by atoms with Gasteiger partial charge in [-0.2, -0.15) is 0 Å². The van der Waals surface area contributed by atoms with Gasteiger partial charge >= 0.3 is 0 Å². The molecule has 6 rings (SSSR count). The van der Waals surface area contributed by atoms with Crippen molar-refractivity contribution in [3.63, 3.8) is 0 Å². The van der Waals surface area contributed by atoms with Crippen LogP contribution < -0.4 is 0 Å². The second kappa shape index (κ2) is 13.4. The van der Waals surface area contributed by atoms with Crippen molar-refractivity contribution < 1.29 is 19.4 Å². The number of fused-ring (bicyclic) bond motifs is 5. The number of aromatic hydroxyl groups is 1. The van der Waals surface area contributed by atoms with Crippen LogP contribution in [-0.4, -0.2) is 39.8 Å². The van der Waals surface area contributed by atoms with Gasteiger partial charge in [-0.3, -0.25) is 4.79 Å². The topological polar surface area (TPSA) is 60.8 Å². The molecule has 0 bridgehead atoms. The van der Waals surface area contributed by atoms with Crippen LogP contribution in [-0.2, 0) is 24.2 Å². The number of benzene rings is 3. The third kappa shape index (κ3) is 6.44. The monoisotopic (exact) mass is 597 g/mol. The molecular weight excluding hydrogens is 549 g/mol. The zero-order valence-corrected chi connectivity index (χ0v) is 26.1. The second-order valence-electron chi connectivity index (χ2n) is 14.0. The van der Waals surface area contributed by atoms with E-state index in [1.54, 1.807) is 6.07 Å². The summed E-state index contributed by atoms with van der Waals surface area (Å²) < 4.78 is 16.1. The molecule has 44 heavy (non-hydrogen) atoms. The quantitative estimate of drug-likeness (QED) is 0.220. The highest BCUT2D eigenvalue weighted by Crippen LogP contribution is 2.63. The Morgan fingerprint density at radius 2 is 1.68 bits per heavy atom. The van der Waals surface area contributed by atoms with Gasteiger partial charge in [-0.15, -0.1) is 0 Å². The van der Waals surface area contributed by atoms with Crippen LogP contribution >= 0.6 is 0 Å². The average molecular weight is 598 g/mol. The lowest BCUT2D eigenvalue weighted by Gasteiger charge is -2.54. The Morgan fingerprint density at radius 1 is 0.955 bits per heavy atom. The summed E-state index contributed by atoms with van der Waals surface area (Å²) in [5.74, 6) is 1.08. The number of hydrogen-bond donors (Lipinski definition) is 2. The molecule has 0 spiro atoms. The predicted molar refractivity (Wildman–Crippen MR) is 173 cm³/mol. The van der Waals surface area contributed by atoms with E-state index in [2.05, 4.69) is 31.2 Å². The van der Waals surface area contributed by atoms with E-state index >= 15 is 4.39 Å². The van der Waals surface area contributed by atoms with Crippen LogP contribution in [0.1, 0.15) is 86.5 Å². The molecule has 3 aliphatic carbocycles. The fraction of sp³-hybridized carbons (Fsp3) is 0.513. The van der Waals surface area contributed by atoms with Gasteiger partial charge in [-0.1, -0.05) is 80.1 Å². The average Bonchev–Trinajstić information content (AvgIpc) is 3.32. The number of carbonyl (C=O) groups excluding carboxylic acids is 1. The van der Waals surface area contributed by atoms with Gasteiger partial charge in [0.05, 0.1) is 6.10 Å². The van der Waals surface area contributed by atoms with Crippen molar-refractivity contribution in [3.05, 3.63) is 101 Å². The molecule has 0 aliphatic heterocycles. The number of nitrogens with zero attached hydrogens (tertiary/aromatic N) is 1. The highest BCUT2D eigenvalue weighted by atomic mass is 19.1. The fourth-order valence-corrected chi connectivity index (χ4v) is 9.08. The minimum absolute atomic E-state index is 0.173. The van der Waals surface area contributed by atoms with Crippen molar-refractivity contribution in [1.82, 2.24) is 4.90 Å². The number of phenolic OH excluding ortho intramolecular Hbond substituents is 1. The molecule has 0 heterocycles. The predicted octanol–water partition coefficient (Wildman–Crippen LogP) is 8.01.